The predicted molar refractivity (Wildman–Crippen MR) is 94.7 cm³/mol. The number of anilines is 1. The first-order valence-electron chi connectivity index (χ1n) is 7.53. The number of nitrogens with one attached hydrogen (secondary N) is 2. The second kappa shape index (κ2) is 8.49. The van der Waals surface area contributed by atoms with Crippen LogP contribution >= 0.6 is 11.8 Å². The van der Waals surface area contributed by atoms with Crippen molar-refractivity contribution in [3.05, 3.63) is 29.3 Å². The summed E-state index contributed by atoms with van der Waals surface area (Å²) in [4.78, 5) is 26.0. The maximum Gasteiger partial charge on any atom is 0.253 e. The summed E-state index contributed by atoms with van der Waals surface area (Å²) < 4.78 is 0. The Labute approximate surface area is 141 Å². The fourth-order valence-electron chi connectivity index (χ4n) is 2.28. The Bertz CT molecular complexity index is 619. The van der Waals surface area contributed by atoms with E-state index in [0.717, 1.165) is 35.8 Å². The fourth-order valence-corrected chi connectivity index (χ4v) is 3.19. The zero-order chi connectivity index (χ0) is 16.7. The summed E-state index contributed by atoms with van der Waals surface area (Å²) in [6.07, 6.45) is 5.10. The van der Waals surface area contributed by atoms with Gasteiger partial charge in [-0.2, -0.15) is 11.8 Å². The topological polar surface area (TPSA) is 61.4 Å². The van der Waals surface area contributed by atoms with Crippen LogP contribution in [0.25, 0.3) is 0 Å². The van der Waals surface area contributed by atoms with Crippen molar-refractivity contribution in [2.45, 2.75) is 6.92 Å². The zero-order valence-electron chi connectivity index (χ0n) is 13.2. The molecule has 1 heterocycles. The maximum absolute atomic E-state index is 12.5. The van der Waals surface area contributed by atoms with E-state index in [4.69, 9.17) is 6.42 Å². The van der Waals surface area contributed by atoms with Crippen molar-refractivity contribution < 1.29 is 9.59 Å². The highest BCUT2D eigenvalue weighted by atomic mass is 32.2. The van der Waals surface area contributed by atoms with Crippen LogP contribution in [0, 0.1) is 19.3 Å². The Hall–Kier alpha value is -2.13. The molecular formula is C17H21N3O2S. The quantitative estimate of drug-likeness (QED) is 0.800. The molecule has 2 rings (SSSR count). The van der Waals surface area contributed by atoms with Crippen molar-refractivity contribution in [2.24, 2.45) is 0 Å². The molecule has 2 amide bonds. The van der Waals surface area contributed by atoms with Crippen LogP contribution in [0.3, 0.4) is 0 Å². The lowest BCUT2D eigenvalue weighted by Gasteiger charge is -2.26. The molecule has 6 heteroatoms. The van der Waals surface area contributed by atoms with Gasteiger partial charge in [-0.15, -0.1) is 6.42 Å². The van der Waals surface area contributed by atoms with Crippen LogP contribution in [0.1, 0.15) is 15.9 Å². The lowest BCUT2D eigenvalue weighted by Crippen LogP contribution is -2.37. The van der Waals surface area contributed by atoms with E-state index in [1.54, 1.807) is 0 Å². The van der Waals surface area contributed by atoms with Gasteiger partial charge in [-0.3, -0.25) is 9.59 Å². The average Bonchev–Trinajstić information content (AvgIpc) is 2.59. The molecule has 2 N–H and O–H groups in total. The van der Waals surface area contributed by atoms with Gasteiger partial charge < -0.3 is 15.5 Å². The van der Waals surface area contributed by atoms with Crippen LogP contribution in [0.5, 0.6) is 0 Å². The third-order valence-electron chi connectivity index (χ3n) is 3.61. The molecule has 23 heavy (non-hydrogen) atoms. The van der Waals surface area contributed by atoms with Gasteiger partial charge in [0.15, 0.2) is 0 Å². The van der Waals surface area contributed by atoms with E-state index in [9.17, 15) is 9.59 Å². The minimum absolute atomic E-state index is 0.0464. The lowest BCUT2D eigenvalue weighted by atomic mass is 10.1. The van der Waals surface area contributed by atoms with Crippen molar-refractivity contribution in [3.63, 3.8) is 0 Å². The molecule has 1 aliphatic rings. The summed E-state index contributed by atoms with van der Waals surface area (Å²) in [6, 6.07) is 5.55. The normalized spacial score (nSPS) is 14.0. The number of nitrogens with zero attached hydrogens (tertiary/aromatic N) is 1. The van der Waals surface area contributed by atoms with Gasteiger partial charge in [0.25, 0.3) is 5.91 Å². The summed E-state index contributed by atoms with van der Waals surface area (Å²) >= 11 is 1.87. The van der Waals surface area contributed by atoms with E-state index in [-0.39, 0.29) is 24.9 Å². The van der Waals surface area contributed by atoms with Gasteiger partial charge in [-0.05, 0) is 24.6 Å². The van der Waals surface area contributed by atoms with Gasteiger partial charge in [-0.25, -0.2) is 0 Å². The molecule has 0 spiro atoms. The van der Waals surface area contributed by atoms with Crippen LogP contribution in [0.2, 0.25) is 0 Å². The second-order valence-electron chi connectivity index (χ2n) is 5.27. The van der Waals surface area contributed by atoms with Gasteiger partial charge in [0.1, 0.15) is 0 Å². The number of hydrogen-bond donors (Lipinski definition) is 2. The van der Waals surface area contributed by atoms with Crippen LogP contribution in [-0.4, -0.2) is 54.4 Å². The zero-order valence-corrected chi connectivity index (χ0v) is 14.0. The minimum atomic E-state index is -0.174. The van der Waals surface area contributed by atoms with Crippen LogP contribution in [0.4, 0.5) is 5.69 Å². The number of thioether (sulfide) groups is 1. The van der Waals surface area contributed by atoms with E-state index in [2.05, 4.69) is 16.6 Å². The summed E-state index contributed by atoms with van der Waals surface area (Å²) in [6.45, 7) is 3.85. The number of terminal acetylenes is 1. The highest BCUT2D eigenvalue weighted by molar-refractivity contribution is 7.99. The maximum atomic E-state index is 12.5. The molecule has 0 radical (unpaired) electrons. The van der Waals surface area contributed by atoms with Gasteiger partial charge in [0.05, 0.1) is 13.1 Å². The molecule has 122 valence electrons. The van der Waals surface area contributed by atoms with Crippen LogP contribution in [0.15, 0.2) is 18.2 Å². The van der Waals surface area contributed by atoms with E-state index < -0.39 is 0 Å². The molecule has 0 bridgehead atoms. The van der Waals surface area contributed by atoms with E-state index in [1.807, 2.05) is 41.8 Å². The van der Waals surface area contributed by atoms with Crippen molar-refractivity contribution in [1.29, 1.82) is 0 Å². The number of benzene rings is 1. The van der Waals surface area contributed by atoms with E-state index >= 15 is 0 Å². The third kappa shape index (κ3) is 4.93. The van der Waals surface area contributed by atoms with Crippen molar-refractivity contribution in [3.8, 4) is 12.3 Å². The molecule has 0 unspecified atom stereocenters. The lowest BCUT2D eigenvalue weighted by molar-refractivity contribution is -0.119. The minimum Gasteiger partial charge on any atom is -0.376 e. The highest BCUT2D eigenvalue weighted by Gasteiger charge is 2.19. The molecule has 0 saturated carbocycles. The summed E-state index contributed by atoms with van der Waals surface area (Å²) in [5.74, 6) is 4.20. The number of amides is 2. The number of carbonyl (C=O) groups is 2. The smallest absolute Gasteiger partial charge is 0.253 e. The third-order valence-corrected chi connectivity index (χ3v) is 4.55. The predicted octanol–water partition coefficient (Wildman–Crippen LogP) is 1.35. The summed E-state index contributed by atoms with van der Waals surface area (Å²) in [5.41, 5.74) is 2.42. The molecule has 0 atom stereocenters. The Kier molecular flexibility index (Phi) is 6.36. The van der Waals surface area contributed by atoms with Crippen LogP contribution < -0.4 is 10.6 Å². The summed E-state index contributed by atoms with van der Waals surface area (Å²) in [7, 11) is 0. The number of carbonyl (C=O) groups excluding carboxylic acids is 2. The van der Waals surface area contributed by atoms with Crippen molar-refractivity contribution >= 4 is 29.3 Å². The van der Waals surface area contributed by atoms with E-state index in [0.29, 0.717) is 5.56 Å². The number of aryl methyl sites for hydroxylation is 1. The Morgan fingerprint density at radius 1 is 1.35 bits per heavy atom. The molecule has 1 fully saturated rings. The van der Waals surface area contributed by atoms with Gasteiger partial charge in [-0.1, -0.05) is 12.0 Å². The molecule has 1 aromatic carbocycles. The first kappa shape index (κ1) is 17.2. The Balaban J connectivity index is 2.02. The molecule has 5 nitrogen and oxygen atoms in total. The largest absolute Gasteiger partial charge is 0.376 e. The standard InChI is InChI=1S/C17H21N3O2S/c1-3-6-18-16(21)12-19-15-11-14(5-4-13(15)2)17(22)20-7-9-23-10-8-20/h1,4-5,11,19H,6-10,12H2,2H3,(H,18,21). The Morgan fingerprint density at radius 3 is 2.78 bits per heavy atom. The SMILES string of the molecule is C#CCNC(=O)CNc1cc(C(=O)N2CCSCC2)ccc1C. The highest BCUT2D eigenvalue weighted by Crippen LogP contribution is 2.19. The van der Waals surface area contributed by atoms with Crippen LogP contribution in [-0.2, 0) is 4.79 Å². The average molecular weight is 331 g/mol. The molecule has 1 aliphatic heterocycles. The first-order valence-corrected chi connectivity index (χ1v) is 8.69. The van der Waals surface area contributed by atoms with Gasteiger partial charge >= 0.3 is 0 Å². The Morgan fingerprint density at radius 2 is 2.09 bits per heavy atom. The fraction of sp³-hybridized carbons (Fsp3) is 0.412. The molecular weight excluding hydrogens is 310 g/mol. The number of hydrogen-bond acceptors (Lipinski definition) is 4. The molecule has 0 aromatic heterocycles. The van der Waals surface area contributed by atoms with Gasteiger partial charge in [0.2, 0.25) is 5.91 Å². The van der Waals surface area contributed by atoms with Crippen molar-refractivity contribution in [2.75, 3.05) is 43.0 Å². The van der Waals surface area contributed by atoms with Crippen molar-refractivity contribution in [1.82, 2.24) is 10.2 Å². The molecule has 1 saturated heterocycles. The molecule has 0 aliphatic carbocycles. The second-order valence-corrected chi connectivity index (χ2v) is 6.49. The first-order chi connectivity index (χ1) is 11.1. The van der Waals surface area contributed by atoms with E-state index in [1.165, 1.54) is 0 Å². The number of rotatable bonds is 5. The van der Waals surface area contributed by atoms with Gasteiger partial charge in [0, 0.05) is 35.8 Å². The summed E-state index contributed by atoms with van der Waals surface area (Å²) in [5, 5.41) is 5.66. The molecule has 1 aromatic rings. The monoisotopic (exact) mass is 331 g/mol.